The Morgan fingerprint density at radius 2 is 1.75 bits per heavy atom. The summed E-state index contributed by atoms with van der Waals surface area (Å²) in [6, 6.07) is 0. The molecule has 2 fully saturated rings. The summed E-state index contributed by atoms with van der Waals surface area (Å²) in [6.45, 7) is 3.70. The normalized spacial score (nSPS) is 26.1. The SMILES string of the molecule is CC1(OC(=O)CCN2CCS(=O)(=O)CC2)CCCCC1. The fraction of sp³-hybridized carbons (Fsp3) is 0.929. The van der Waals surface area contributed by atoms with Crippen LogP contribution in [0.15, 0.2) is 0 Å². The zero-order valence-corrected chi connectivity index (χ0v) is 13.1. The molecule has 1 saturated carbocycles. The molecule has 0 N–H and O–H groups in total. The lowest BCUT2D eigenvalue weighted by Gasteiger charge is -2.33. The molecule has 1 heterocycles. The van der Waals surface area contributed by atoms with Crippen molar-refractivity contribution in [2.75, 3.05) is 31.1 Å². The highest BCUT2D eigenvalue weighted by Gasteiger charge is 2.31. The van der Waals surface area contributed by atoms with Crippen molar-refractivity contribution in [1.82, 2.24) is 4.90 Å². The van der Waals surface area contributed by atoms with E-state index in [1.165, 1.54) is 6.42 Å². The highest BCUT2D eigenvalue weighted by Crippen LogP contribution is 2.31. The summed E-state index contributed by atoms with van der Waals surface area (Å²) < 4.78 is 28.3. The van der Waals surface area contributed by atoms with Gasteiger partial charge in [-0.15, -0.1) is 0 Å². The molecule has 6 heteroatoms. The summed E-state index contributed by atoms with van der Waals surface area (Å²) in [6.07, 6.45) is 5.77. The van der Waals surface area contributed by atoms with Crippen molar-refractivity contribution < 1.29 is 17.9 Å². The van der Waals surface area contributed by atoms with E-state index in [0.29, 0.717) is 26.1 Å². The zero-order valence-electron chi connectivity index (χ0n) is 12.3. The Balaban J connectivity index is 1.70. The van der Waals surface area contributed by atoms with E-state index in [9.17, 15) is 13.2 Å². The molecule has 1 aliphatic carbocycles. The Morgan fingerprint density at radius 1 is 1.15 bits per heavy atom. The van der Waals surface area contributed by atoms with Crippen LogP contribution in [-0.2, 0) is 19.4 Å². The quantitative estimate of drug-likeness (QED) is 0.734. The van der Waals surface area contributed by atoms with E-state index in [-0.39, 0.29) is 23.1 Å². The molecule has 1 aliphatic heterocycles. The molecule has 5 nitrogen and oxygen atoms in total. The second-order valence-corrected chi connectivity index (χ2v) is 8.53. The van der Waals surface area contributed by atoms with E-state index < -0.39 is 9.84 Å². The molecule has 0 aromatic heterocycles. The Labute approximate surface area is 121 Å². The first-order valence-corrected chi connectivity index (χ1v) is 9.35. The van der Waals surface area contributed by atoms with Crippen molar-refractivity contribution in [3.63, 3.8) is 0 Å². The van der Waals surface area contributed by atoms with E-state index >= 15 is 0 Å². The van der Waals surface area contributed by atoms with Crippen molar-refractivity contribution >= 4 is 15.8 Å². The van der Waals surface area contributed by atoms with Crippen molar-refractivity contribution in [3.8, 4) is 0 Å². The zero-order chi connectivity index (χ0) is 14.6. The van der Waals surface area contributed by atoms with Crippen LogP contribution in [0.2, 0.25) is 0 Å². The molecule has 0 bridgehead atoms. The van der Waals surface area contributed by atoms with Gasteiger partial charge >= 0.3 is 5.97 Å². The Morgan fingerprint density at radius 3 is 2.35 bits per heavy atom. The van der Waals surface area contributed by atoms with E-state index in [2.05, 4.69) is 0 Å². The standard InChI is InChI=1S/C14H25NO4S/c1-14(6-3-2-4-7-14)19-13(16)5-8-15-9-11-20(17,18)12-10-15/h2-12H2,1H3. The topological polar surface area (TPSA) is 63.7 Å². The van der Waals surface area contributed by atoms with Crippen LogP contribution in [0.4, 0.5) is 0 Å². The van der Waals surface area contributed by atoms with Crippen LogP contribution in [0.3, 0.4) is 0 Å². The van der Waals surface area contributed by atoms with Gasteiger partial charge in [-0.2, -0.15) is 0 Å². The molecule has 0 aromatic rings. The third kappa shape index (κ3) is 4.74. The predicted molar refractivity (Wildman–Crippen MR) is 77.3 cm³/mol. The summed E-state index contributed by atoms with van der Waals surface area (Å²) in [5, 5.41) is 0. The third-order valence-corrected chi connectivity index (χ3v) is 5.95. The molecule has 0 atom stereocenters. The Kier molecular flexibility index (Phi) is 5.07. The minimum atomic E-state index is -2.84. The van der Waals surface area contributed by atoms with Gasteiger partial charge in [0.1, 0.15) is 5.60 Å². The highest BCUT2D eigenvalue weighted by atomic mass is 32.2. The van der Waals surface area contributed by atoms with E-state index in [1.54, 1.807) is 0 Å². The Hall–Kier alpha value is -0.620. The average molecular weight is 303 g/mol. The second-order valence-electron chi connectivity index (χ2n) is 6.23. The monoisotopic (exact) mass is 303 g/mol. The maximum absolute atomic E-state index is 11.9. The lowest BCUT2D eigenvalue weighted by atomic mass is 9.86. The molecule has 0 aromatic carbocycles. The maximum Gasteiger partial charge on any atom is 0.307 e. The van der Waals surface area contributed by atoms with Crippen molar-refractivity contribution in [1.29, 1.82) is 0 Å². The number of rotatable bonds is 4. The number of esters is 1. The fourth-order valence-electron chi connectivity index (χ4n) is 2.95. The van der Waals surface area contributed by atoms with Gasteiger partial charge in [0.25, 0.3) is 0 Å². The fourth-order valence-corrected chi connectivity index (χ4v) is 4.23. The van der Waals surface area contributed by atoms with Crippen molar-refractivity contribution in [3.05, 3.63) is 0 Å². The molecule has 0 radical (unpaired) electrons. The van der Waals surface area contributed by atoms with Gasteiger partial charge in [-0.25, -0.2) is 8.42 Å². The van der Waals surface area contributed by atoms with Gasteiger partial charge in [0, 0.05) is 19.6 Å². The van der Waals surface area contributed by atoms with Gasteiger partial charge in [0.05, 0.1) is 17.9 Å². The van der Waals surface area contributed by atoms with Gasteiger partial charge in [0.2, 0.25) is 0 Å². The summed E-state index contributed by atoms with van der Waals surface area (Å²) in [5.74, 6) is 0.266. The molecule has 0 unspecified atom stereocenters. The molecular weight excluding hydrogens is 278 g/mol. The van der Waals surface area contributed by atoms with Crippen molar-refractivity contribution in [2.45, 2.75) is 51.0 Å². The van der Waals surface area contributed by atoms with Crippen LogP contribution in [0.25, 0.3) is 0 Å². The molecule has 116 valence electrons. The minimum Gasteiger partial charge on any atom is -0.459 e. The number of carbonyl (C=O) groups excluding carboxylic acids is 1. The van der Waals surface area contributed by atoms with E-state index in [4.69, 9.17) is 4.74 Å². The number of sulfone groups is 1. The summed E-state index contributed by atoms with van der Waals surface area (Å²) in [4.78, 5) is 14.0. The predicted octanol–water partition coefficient (Wildman–Crippen LogP) is 1.37. The summed E-state index contributed by atoms with van der Waals surface area (Å²) >= 11 is 0. The smallest absolute Gasteiger partial charge is 0.307 e. The third-order valence-electron chi connectivity index (χ3n) is 4.34. The highest BCUT2D eigenvalue weighted by molar-refractivity contribution is 7.91. The molecule has 1 saturated heterocycles. The van der Waals surface area contributed by atoms with Crippen LogP contribution in [0.5, 0.6) is 0 Å². The van der Waals surface area contributed by atoms with E-state index in [1.807, 2.05) is 11.8 Å². The summed E-state index contributed by atoms with van der Waals surface area (Å²) in [7, 11) is -2.84. The van der Waals surface area contributed by atoms with Gasteiger partial charge in [-0.1, -0.05) is 6.42 Å². The first-order chi connectivity index (χ1) is 9.39. The molecule has 0 spiro atoms. The largest absolute Gasteiger partial charge is 0.459 e. The van der Waals surface area contributed by atoms with Crippen molar-refractivity contribution in [2.24, 2.45) is 0 Å². The van der Waals surface area contributed by atoms with Crippen LogP contribution in [0, 0.1) is 0 Å². The lowest BCUT2D eigenvalue weighted by molar-refractivity contribution is -0.161. The van der Waals surface area contributed by atoms with Gasteiger partial charge in [-0.05, 0) is 32.6 Å². The molecular formula is C14H25NO4S. The van der Waals surface area contributed by atoms with Gasteiger partial charge in [0.15, 0.2) is 9.84 Å². The first kappa shape index (κ1) is 15.8. The lowest BCUT2D eigenvalue weighted by Crippen LogP contribution is -2.41. The average Bonchev–Trinajstić information content (AvgIpc) is 2.38. The minimum absolute atomic E-state index is 0.150. The maximum atomic E-state index is 11.9. The summed E-state index contributed by atoms with van der Waals surface area (Å²) in [5.41, 5.74) is -0.277. The number of ether oxygens (including phenoxy) is 1. The number of hydrogen-bond donors (Lipinski definition) is 0. The molecule has 2 rings (SSSR count). The Bertz CT molecular complexity index is 426. The number of nitrogens with zero attached hydrogens (tertiary/aromatic N) is 1. The van der Waals surface area contributed by atoms with Gasteiger partial charge in [-0.3, -0.25) is 4.79 Å². The molecule has 2 aliphatic rings. The van der Waals surface area contributed by atoms with Gasteiger partial charge < -0.3 is 9.64 Å². The molecule has 20 heavy (non-hydrogen) atoms. The van der Waals surface area contributed by atoms with E-state index in [0.717, 1.165) is 25.7 Å². The molecule has 0 amide bonds. The van der Waals surface area contributed by atoms with Crippen LogP contribution in [0.1, 0.15) is 45.4 Å². The van der Waals surface area contributed by atoms with Crippen LogP contribution >= 0.6 is 0 Å². The number of hydrogen-bond acceptors (Lipinski definition) is 5. The number of carbonyl (C=O) groups is 1. The second kappa shape index (κ2) is 6.43. The van der Waals surface area contributed by atoms with Crippen LogP contribution < -0.4 is 0 Å². The first-order valence-electron chi connectivity index (χ1n) is 7.53. The van der Waals surface area contributed by atoms with Crippen LogP contribution in [-0.4, -0.2) is 56.0 Å².